The number of rotatable bonds is 1. The molecule has 0 aliphatic heterocycles. The van der Waals surface area contributed by atoms with Gasteiger partial charge in [0.15, 0.2) is 5.15 Å². The molecule has 0 fully saturated rings. The van der Waals surface area contributed by atoms with E-state index < -0.39 is 0 Å². The van der Waals surface area contributed by atoms with Gasteiger partial charge in [-0.3, -0.25) is 0 Å². The summed E-state index contributed by atoms with van der Waals surface area (Å²) in [5, 5.41) is 0.474. The number of benzene rings is 1. The van der Waals surface area contributed by atoms with Crippen molar-refractivity contribution in [3.05, 3.63) is 45.9 Å². The molecule has 3 heteroatoms. The average Bonchev–Trinajstić information content (AvgIpc) is 2.27. The van der Waals surface area contributed by atoms with Crippen LogP contribution in [0.15, 0.2) is 18.2 Å². The predicted octanol–water partition coefficient (Wildman–Crippen LogP) is 4.03. The highest BCUT2D eigenvalue weighted by molar-refractivity contribution is 6.31. The number of aryl methyl sites for hydroxylation is 4. The SMILES string of the molecule is Cc1ccc(C)c(-c2nc(C)c(C)nc2Cl)c1. The fourth-order valence-electron chi connectivity index (χ4n) is 1.74. The second-order valence-electron chi connectivity index (χ2n) is 4.35. The molecule has 0 aliphatic carbocycles. The summed E-state index contributed by atoms with van der Waals surface area (Å²) < 4.78 is 0. The molecule has 2 nitrogen and oxygen atoms in total. The van der Waals surface area contributed by atoms with Crippen molar-refractivity contribution >= 4 is 11.6 Å². The topological polar surface area (TPSA) is 25.8 Å². The molecule has 0 unspecified atom stereocenters. The van der Waals surface area contributed by atoms with Crippen molar-refractivity contribution < 1.29 is 0 Å². The Hall–Kier alpha value is -1.41. The van der Waals surface area contributed by atoms with Gasteiger partial charge in [0.05, 0.1) is 11.4 Å². The molecule has 1 heterocycles. The van der Waals surface area contributed by atoms with Crippen LogP contribution in [0.3, 0.4) is 0 Å². The Morgan fingerprint density at radius 2 is 1.59 bits per heavy atom. The number of halogens is 1. The summed E-state index contributed by atoms with van der Waals surface area (Å²) in [6.45, 7) is 7.99. The van der Waals surface area contributed by atoms with Gasteiger partial charge in [0, 0.05) is 5.56 Å². The first-order valence-corrected chi connectivity index (χ1v) is 5.95. The Labute approximate surface area is 107 Å². The van der Waals surface area contributed by atoms with Gasteiger partial charge >= 0.3 is 0 Å². The van der Waals surface area contributed by atoms with Crippen LogP contribution in [0.25, 0.3) is 11.3 Å². The summed E-state index contributed by atoms with van der Waals surface area (Å²) in [6, 6.07) is 6.26. The van der Waals surface area contributed by atoms with E-state index in [1.54, 1.807) is 0 Å². The molecule has 0 spiro atoms. The van der Waals surface area contributed by atoms with Crippen molar-refractivity contribution in [2.75, 3.05) is 0 Å². The largest absolute Gasteiger partial charge is 0.248 e. The van der Waals surface area contributed by atoms with Gasteiger partial charge in [-0.2, -0.15) is 0 Å². The van der Waals surface area contributed by atoms with Crippen LogP contribution in [0.4, 0.5) is 0 Å². The van der Waals surface area contributed by atoms with Crippen molar-refractivity contribution in [3.8, 4) is 11.3 Å². The lowest BCUT2D eigenvalue weighted by Crippen LogP contribution is -1.97. The molecular formula is C14H15ClN2. The Kier molecular flexibility index (Phi) is 3.16. The van der Waals surface area contributed by atoms with Gasteiger partial charge in [-0.05, 0) is 39.3 Å². The second kappa shape index (κ2) is 4.46. The summed E-state index contributed by atoms with van der Waals surface area (Å²) in [6.07, 6.45) is 0. The Bertz CT molecular complexity index is 577. The van der Waals surface area contributed by atoms with Crippen LogP contribution >= 0.6 is 11.6 Å². The van der Waals surface area contributed by atoms with Crippen LogP contribution in [-0.4, -0.2) is 9.97 Å². The Balaban J connectivity index is 2.68. The molecule has 0 aliphatic rings. The summed E-state index contributed by atoms with van der Waals surface area (Å²) in [5.74, 6) is 0. The molecule has 2 rings (SSSR count). The zero-order valence-corrected chi connectivity index (χ0v) is 11.3. The number of hydrogen-bond donors (Lipinski definition) is 0. The molecular weight excluding hydrogens is 232 g/mol. The number of nitrogens with zero attached hydrogens (tertiary/aromatic N) is 2. The van der Waals surface area contributed by atoms with Gasteiger partial charge in [-0.1, -0.05) is 29.3 Å². The van der Waals surface area contributed by atoms with Crippen LogP contribution < -0.4 is 0 Å². The summed E-state index contributed by atoms with van der Waals surface area (Å²) in [5.41, 5.74) is 5.99. The molecule has 88 valence electrons. The molecule has 0 radical (unpaired) electrons. The van der Waals surface area contributed by atoms with Gasteiger partial charge in [0.25, 0.3) is 0 Å². The third-order valence-electron chi connectivity index (χ3n) is 2.91. The molecule has 0 N–H and O–H groups in total. The lowest BCUT2D eigenvalue weighted by molar-refractivity contribution is 1.05. The smallest absolute Gasteiger partial charge is 0.155 e. The minimum Gasteiger partial charge on any atom is -0.248 e. The molecule has 0 amide bonds. The summed E-state index contributed by atoms with van der Waals surface area (Å²) in [7, 11) is 0. The number of aromatic nitrogens is 2. The molecule has 2 aromatic rings. The van der Waals surface area contributed by atoms with E-state index in [4.69, 9.17) is 11.6 Å². The molecule has 17 heavy (non-hydrogen) atoms. The van der Waals surface area contributed by atoms with Crippen LogP contribution in [0.1, 0.15) is 22.5 Å². The fourth-order valence-corrected chi connectivity index (χ4v) is 2.01. The maximum atomic E-state index is 6.19. The van der Waals surface area contributed by atoms with Gasteiger partial charge in [-0.15, -0.1) is 0 Å². The van der Waals surface area contributed by atoms with Gasteiger partial charge in [0.1, 0.15) is 5.69 Å². The minimum atomic E-state index is 0.474. The van der Waals surface area contributed by atoms with E-state index in [9.17, 15) is 0 Å². The van der Waals surface area contributed by atoms with Gasteiger partial charge in [-0.25, -0.2) is 9.97 Å². The van der Waals surface area contributed by atoms with Crippen LogP contribution in [-0.2, 0) is 0 Å². The quantitative estimate of drug-likeness (QED) is 0.759. The van der Waals surface area contributed by atoms with E-state index in [1.807, 2.05) is 13.8 Å². The minimum absolute atomic E-state index is 0.474. The van der Waals surface area contributed by atoms with Crippen LogP contribution in [0.2, 0.25) is 5.15 Å². The Morgan fingerprint density at radius 3 is 2.29 bits per heavy atom. The van der Waals surface area contributed by atoms with Crippen molar-refractivity contribution in [3.63, 3.8) is 0 Å². The third-order valence-corrected chi connectivity index (χ3v) is 3.18. The van der Waals surface area contributed by atoms with Crippen molar-refractivity contribution in [1.29, 1.82) is 0 Å². The molecule has 1 aromatic carbocycles. The molecule has 0 saturated carbocycles. The third kappa shape index (κ3) is 2.32. The van der Waals surface area contributed by atoms with E-state index in [-0.39, 0.29) is 0 Å². The first-order chi connectivity index (χ1) is 7.99. The highest BCUT2D eigenvalue weighted by Crippen LogP contribution is 2.28. The average molecular weight is 247 g/mol. The lowest BCUT2D eigenvalue weighted by Gasteiger charge is -2.10. The predicted molar refractivity (Wildman–Crippen MR) is 71.4 cm³/mol. The first kappa shape index (κ1) is 12.1. The maximum Gasteiger partial charge on any atom is 0.155 e. The molecule has 0 atom stereocenters. The van der Waals surface area contributed by atoms with E-state index in [2.05, 4.69) is 42.0 Å². The van der Waals surface area contributed by atoms with Crippen LogP contribution in [0, 0.1) is 27.7 Å². The summed E-state index contributed by atoms with van der Waals surface area (Å²) in [4.78, 5) is 8.87. The second-order valence-corrected chi connectivity index (χ2v) is 4.71. The normalized spacial score (nSPS) is 10.6. The maximum absolute atomic E-state index is 6.19. The molecule has 0 bridgehead atoms. The lowest BCUT2D eigenvalue weighted by atomic mass is 10.0. The van der Waals surface area contributed by atoms with Crippen molar-refractivity contribution in [1.82, 2.24) is 9.97 Å². The zero-order valence-electron chi connectivity index (χ0n) is 10.5. The van der Waals surface area contributed by atoms with Crippen LogP contribution in [0.5, 0.6) is 0 Å². The van der Waals surface area contributed by atoms with E-state index in [1.165, 1.54) is 5.56 Å². The van der Waals surface area contributed by atoms with E-state index in [0.29, 0.717) is 5.15 Å². The fraction of sp³-hybridized carbons (Fsp3) is 0.286. The van der Waals surface area contributed by atoms with Crippen molar-refractivity contribution in [2.45, 2.75) is 27.7 Å². The van der Waals surface area contributed by atoms with Crippen molar-refractivity contribution in [2.24, 2.45) is 0 Å². The Morgan fingerprint density at radius 1 is 0.941 bits per heavy atom. The highest BCUT2D eigenvalue weighted by Gasteiger charge is 2.11. The molecule has 0 saturated heterocycles. The monoisotopic (exact) mass is 246 g/mol. The van der Waals surface area contributed by atoms with E-state index in [0.717, 1.165) is 28.2 Å². The number of hydrogen-bond acceptors (Lipinski definition) is 2. The summed E-state index contributed by atoms with van der Waals surface area (Å²) >= 11 is 6.19. The van der Waals surface area contributed by atoms with Gasteiger partial charge in [0.2, 0.25) is 0 Å². The highest BCUT2D eigenvalue weighted by atomic mass is 35.5. The van der Waals surface area contributed by atoms with Gasteiger partial charge < -0.3 is 0 Å². The van der Waals surface area contributed by atoms with E-state index >= 15 is 0 Å². The molecule has 1 aromatic heterocycles. The first-order valence-electron chi connectivity index (χ1n) is 5.57. The standard InChI is InChI=1S/C14H15ClN2/c1-8-5-6-9(2)12(7-8)13-14(15)17-11(4)10(3)16-13/h5-7H,1-4H3. The zero-order chi connectivity index (χ0) is 12.6.